The molecule has 0 amide bonds. The first-order valence-corrected chi connectivity index (χ1v) is 4.39. The molecule has 0 fully saturated rings. The summed E-state index contributed by atoms with van der Waals surface area (Å²) < 4.78 is 75.0. The van der Waals surface area contributed by atoms with E-state index in [9.17, 15) is 31.1 Å². The molecule has 0 saturated carbocycles. The zero-order chi connectivity index (χ0) is 14.1. The van der Waals surface area contributed by atoms with Crippen molar-refractivity contribution in [3.63, 3.8) is 0 Å². The summed E-state index contributed by atoms with van der Waals surface area (Å²) in [6.45, 7) is 0. The Morgan fingerprint density at radius 3 is 2.33 bits per heavy atom. The van der Waals surface area contributed by atoms with Crippen LogP contribution in [-0.2, 0) is 17.4 Å². The van der Waals surface area contributed by atoms with Gasteiger partial charge in [0.2, 0.25) is 0 Å². The van der Waals surface area contributed by atoms with Crippen LogP contribution in [0.25, 0.3) is 0 Å². The van der Waals surface area contributed by atoms with E-state index in [2.05, 4.69) is 4.98 Å². The Hall–Kier alpha value is -1.80. The van der Waals surface area contributed by atoms with Gasteiger partial charge in [0.05, 0.1) is 17.7 Å². The Morgan fingerprint density at radius 1 is 1.39 bits per heavy atom. The molecule has 0 atom stereocenters. The molecule has 0 aliphatic heterocycles. The van der Waals surface area contributed by atoms with Crippen molar-refractivity contribution in [3.8, 4) is 0 Å². The average molecular weight is 273 g/mol. The molecule has 0 bridgehead atoms. The van der Waals surface area contributed by atoms with E-state index in [4.69, 9.17) is 5.11 Å². The molecule has 1 N–H and O–H groups in total. The van der Waals surface area contributed by atoms with Crippen LogP contribution in [-0.4, -0.2) is 16.1 Å². The number of carboxylic acids is 1. The van der Waals surface area contributed by atoms with Gasteiger partial charge in [0.25, 0.3) is 6.43 Å². The number of aliphatic carboxylic acids is 1. The second-order valence-electron chi connectivity index (χ2n) is 3.22. The van der Waals surface area contributed by atoms with Crippen molar-refractivity contribution in [1.29, 1.82) is 0 Å². The van der Waals surface area contributed by atoms with Crippen molar-refractivity contribution >= 4 is 5.97 Å². The Bertz CT molecular complexity index is 471. The van der Waals surface area contributed by atoms with Crippen LogP contribution in [0.5, 0.6) is 0 Å². The van der Waals surface area contributed by atoms with E-state index in [0.717, 1.165) is 0 Å². The van der Waals surface area contributed by atoms with E-state index >= 15 is 0 Å². The number of alkyl halides is 5. The lowest BCUT2D eigenvalue weighted by Crippen LogP contribution is -2.15. The third kappa shape index (κ3) is 2.90. The minimum Gasteiger partial charge on any atom is -0.481 e. The van der Waals surface area contributed by atoms with E-state index in [1.165, 1.54) is 0 Å². The molecule has 1 rings (SSSR count). The topological polar surface area (TPSA) is 50.2 Å². The Kier molecular flexibility index (Phi) is 3.82. The van der Waals surface area contributed by atoms with E-state index in [-0.39, 0.29) is 6.20 Å². The molecule has 100 valence electrons. The molecule has 1 heterocycles. The van der Waals surface area contributed by atoms with Crippen LogP contribution in [0.1, 0.15) is 23.2 Å². The number of pyridine rings is 1. The highest BCUT2D eigenvalue weighted by atomic mass is 19.4. The van der Waals surface area contributed by atoms with E-state index in [1.54, 1.807) is 0 Å². The SMILES string of the molecule is O=C(O)Cc1ncc(C(F)(F)F)c(F)c1C(F)F. The highest BCUT2D eigenvalue weighted by molar-refractivity contribution is 5.70. The summed E-state index contributed by atoms with van der Waals surface area (Å²) in [4.78, 5) is 13.3. The van der Waals surface area contributed by atoms with E-state index in [1.807, 2.05) is 0 Å². The van der Waals surface area contributed by atoms with Gasteiger partial charge in [-0.1, -0.05) is 0 Å². The van der Waals surface area contributed by atoms with Crippen molar-refractivity contribution < 1.29 is 36.2 Å². The lowest BCUT2D eigenvalue weighted by atomic mass is 10.1. The van der Waals surface area contributed by atoms with Crippen molar-refractivity contribution in [2.75, 3.05) is 0 Å². The molecule has 0 radical (unpaired) electrons. The first-order chi connectivity index (χ1) is 8.14. The molecule has 0 aliphatic carbocycles. The van der Waals surface area contributed by atoms with Gasteiger partial charge in [0.1, 0.15) is 11.4 Å². The van der Waals surface area contributed by atoms with E-state index in [0.29, 0.717) is 0 Å². The lowest BCUT2D eigenvalue weighted by Gasteiger charge is -2.13. The van der Waals surface area contributed by atoms with Gasteiger partial charge < -0.3 is 5.11 Å². The molecule has 1 aromatic rings. The zero-order valence-electron chi connectivity index (χ0n) is 8.43. The predicted octanol–water partition coefficient (Wildman–Crippen LogP) is 2.80. The third-order valence-electron chi connectivity index (χ3n) is 1.98. The van der Waals surface area contributed by atoms with Gasteiger partial charge in [-0.15, -0.1) is 0 Å². The summed E-state index contributed by atoms with van der Waals surface area (Å²) in [5, 5.41) is 8.36. The molecule has 0 aliphatic rings. The first-order valence-electron chi connectivity index (χ1n) is 4.39. The number of rotatable bonds is 3. The molecular formula is C9H5F6NO2. The zero-order valence-corrected chi connectivity index (χ0v) is 8.43. The molecule has 0 unspecified atom stereocenters. The number of carboxylic acid groups (broad SMARTS) is 1. The second kappa shape index (κ2) is 4.83. The van der Waals surface area contributed by atoms with Gasteiger partial charge in [0, 0.05) is 6.20 Å². The van der Waals surface area contributed by atoms with Crippen LogP contribution >= 0.6 is 0 Å². The van der Waals surface area contributed by atoms with Crippen LogP contribution in [0.4, 0.5) is 26.3 Å². The van der Waals surface area contributed by atoms with Crippen molar-refractivity contribution in [3.05, 3.63) is 28.8 Å². The van der Waals surface area contributed by atoms with Crippen LogP contribution in [0.2, 0.25) is 0 Å². The molecule has 18 heavy (non-hydrogen) atoms. The minimum atomic E-state index is -5.18. The Morgan fingerprint density at radius 2 is 1.94 bits per heavy atom. The number of nitrogens with zero attached hydrogens (tertiary/aromatic N) is 1. The summed E-state index contributed by atoms with van der Waals surface area (Å²) in [5.41, 5.74) is -4.51. The van der Waals surface area contributed by atoms with E-state index < -0.39 is 47.6 Å². The Labute approximate surface area is 96.1 Å². The van der Waals surface area contributed by atoms with Crippen LogP contribution < -0.4 is 0 Å². The molecule has 0 spiro atoms. The number of hydrogen-bond donors (Lipinski definition) is 1. The highest BCUT2D eigenvalue weighted by Gasteiger charge is 2.38. The molecule has 0 aromatic carbocycles. The number of carbonyl (C=O) groups is 1. The van der Waals surface area contributed by atoms with Crippen molar-refractivity contribution in [2.24, 2.45) is 0 Å². The monoisotopic (exact) mass is 273 g/mol. The van der Waals surface area contributed by atoms with Gasteiger partial charge in [-0.25, -0.2) is 13.2 Å². The van der Waals surface area contributed by atoms with Gasteiger partial charge in [-0.3, -0.25) is 9.78 Å². The van der Waals surface area contributed by atoms with Crippen molar-refractivity contribution in [2.45, 2.75) is 19.0 Å². The van der Waals surface area contributed by atoms with Crippen molar-refractivity contribution in [1.82, 2.24) is 4.98 Å². The number of hydrogen-bond acceptors (Lipinski definition) is 2. The quantitative estimate of drug-likeness (QED) is 0.861. The number of aromatic nitrogens is 1. The summed E-state index contributed by atoms with van der Waals surface area (Å²) in [5.74, 6) is -3.80. The molecule has 0 saturated heterocycles. The van der Waals surface area contributed by atoms with Crippen LogP contribution in [0, 0.1) is 5.82 Å². The van der Waals surface area contributed by atoms with Crippen LogP contribution in [0.3, 0.4) is 0 Å². The summed E-state index contributed by atoms with van der Waals surface area (Å²) in [6.07, 6.45) is -9.86. The largest absolute Gasteiger partial charge is 0.481 e. The summed E-state index contributed by atoms with van der Waals surface area (Å²) in [6, 6.07) is 0. The highest BCUT2D eigenvalue weighted by Crippen LogP contribution is 2.35. The summed E-state index contributed by atoms with van der Waals surface area (Å²) in [7, 11) is 0. The van der Waals surface area contributed by atoms with Crippen LogP contribution in [0.15, 0.2) is 6.20 Å². The maximum atomic E-state index is 13.3. The van der Waals surface area contributed by atoms with Gasteiger partial charge >= 0.3 is 12.1 Å². The average Bonchev–Trinajstić information content (AvgIpc) is 2.13. The maximum Gasteiger partial charge on any atom is 0.420 e. The summed E-state index contributed by atoms with van der Waals surface area (Å²) >= 11 is 0. The van der Waals surface area contributed by atoms with Gasteiger partial charge in [-0.05, 0) is 0 Å². The maximum absolute atomic E-state index is 13.3. The molecular weight excluding hydrogens is 268 g/mol. The normalized spacial score (nSPS) is 11.9. The number of halogens is 6. The molecule has 3 nitrogen and oxygen atoms in total. The fourth-order valence-electron chi connectivity index (χ4n) is 1.24. The fourth-order valence-corrected chi connectivity index (χ4v) is 1.24. The minimum absolute atomic E-state index is 0.000509. The standard InChI is InChI=1S/C9H5F6NO2/c10-7-3(9(13,14)15)2-16-4(1-5(17)18)6(7)8(11)12/h2,8H,1H2,(H,17,18). The lowest BCUT2D eigenvalue weighted by molar-refractivity contribution is -0.140. The smallest absolute Gasteiger partial charge is 0.420 e. The second-order valence-corrected chi connectivity index (χ2v) is 3.22. The molecule has 9 heteroatoms. The predicted molar refractivity (Wildman–Crippen MR) is 45.5 cm³/mol. The third-order valence-corrected chi connectivity index (χ3v) is 1.98. The van der Waals surface area contributed by atoms with Gasteiger partial charge in [0.15, 0.2) is 0 Å². The molecule has 1 aromatic heterocycles. The Balaban J connectivity index is 3.42. The fraction of sp³-hybridized carbons (Fsp3) is 0.333. The van der Waals surface area contributed by atoms with Gasteiger partial charge in [-0.2, -0.15) is 13.2 Å². The first kappa shape index (κ1) is 14.3.